The second-order valence-electron chi connectivity index (χ2n) is 5.58. The molecule has 0 spiro atoms. The van der Waals surface area contributed by atoms with Gasteiger partial charge in [-0.05, 0) is 42.1 Å². The van der Waals surface area contributed by atoms with Crippen molar-refractivity contribution >= 4 is 38.7 Å². The predicted octanol–water partition coefficient (Wildman–Crippen LogP) is 3.32. The van der Waals surface area contributed by atoms with Crippen LogP contribution < -0.4 is 0 Å². The molecule has 1 atom stereocenters. The Kier molecular flexibility index (Phi) is 4.49. The number of nitrogens with zero attached hydrogens (tertiary/aromatic N) is 1. The summed E-state index contributed by atoms with van der Waals surface area (Å²) in [6, 6.07) is 8.77. The van der Waals surface area contributed by atoms with Crippen molar-refractivity contribution < 1.29 is 13.2 Å². The summed E-state index contributed by atoms with van der Waals surface area (Å²) in [5.41, 5.74) is 1.36. The second kappa shape index (κ2) is 6.26. The second-order valence-corrected chi connectivity index (χ2v) is 9.30. The Hall–Kier alpha value is -1.37. The maximum absolute atomic E-state index is 12.7. The topological polar surface area (TPSA) is 54.5 Å². The molecule has 4 nitrogen and oxygen atoms in total. The van der Waals surface area contributed by atoms with Gasteiger partial charge in [-0.1, -0.05) is 17.7 Å². The van der Waals surface area contributed by atoms with E-state index in [4.69, 9.17) is 11.6 Å². The van der Waals surface area contributed by atoms with Gasteiger partial charge in [0.2, 0.25) is 0 Å². The van der Waals surface area contributed by atoms with Gasteiger partial charge < -0.3 is 4.90 Å². The molecule has 1 amide bonds. The average molecular weight is 370 g/mol. The van der Waals surface area contributed by atoms with Crippen LogP contribution in [0.5, 0.6) is 0 Å². The summed E-state index contributed by atoms with van der Waals surface area (Å²) in [4.78, 5) is 15.2. The van der Waals surface area contributed by atoms with Gasteiger partial charge >= 0.3 is 0 Å². The van der Waals surface area contributed by atoms with Gasteiger partial charge in [-0.15, -0.1) is 11.3 Å². The van der Waals surface area contributed by atoms with Crippen LogP contribution in [0.1, 0.15) is 26.0 Å². The normalized spacial score (nSPS) is 20.4. The van der Waals surface area contributed by atoms with Crippen molar-refractivity contribution in [1.82, 2.24) is 4.90 Å². The van der Waals surface area contributed by atoms with Crippen LogP contribution in [0.4, 0.5) is 0 Å². The fourth-order valence-corrected chi connectivity index (χ4v) is 5.88. The molecule has 1 aliphatic heterocycles. The molecule has 2 aromatic rings. The third kappa shape index (κ3) is 3.29. The molecule has 7 heteroatoms. The van der Waals surface area contributed by atoms with E-state index in [0.29, 0.717) is 10.6 Å². The van der Waals surface area contributed by atoms with E-state index in [1.165, 1.54) is 11.3 Å². The van der Waals surface area contributed by atoms with Gasteiger partial charge in [-0.2, -0.15) is 0 Å². The molecule has 23 heavy (non-hydrogen) atoms. The number of benzene rings is 1. The first-order valence-corrected chi connectivity index (χ1v) is 10.2. The summed E-state index contributed by atoms with van der Waals surface area (Å²) >= 11 is 7.34. The molecule has 1 fully saturated rings. The SMILES string of the molecule is Cc1cc(Cl)ccc1C(=O)N1CCS(=O)(=O)[C@H](c2cccs2)C1. The van der Waals surface area contributed by atoms with Crippen molar-refractivity contribution in [1.29, 1.82) is 0 Å². The number of halogens is 1. The van der Waals surface area contributed by atoms with Crippen LogP contribution in [0.2, 0.25) is 5.02 Å². The molecule has 1 aromatic heterocycles. The summed E-state index contributed by atoms with van der Waals surface area (Å²) in [6.07, 6.45) is 0. The minimum absolute atomic E-state index is 0.00601. The zero-order chi connectivity index (χ0) is 16.6. The van der Waals surface area contributed by atoms with Crippen molar-refractivity contribution in [3.8, 4) is 0 Å². The highest BCUT2D eigenvalue weighted by Gasteiger charge is 2.37. The van der Waals surface area contributed by atoms with E-state index >= 15 is 0 Å². The first-order valence-electron chi connectivity index (χ1n) is 7.19. The molecular formula is C16H16ClNO3S2. The third-order valence-corrected chi connectivity index (χ3v) is 7.42. The molecular weight excluding hydrogens is 354 g/mol. The molecule has 0 N–H and O–H groups in total. The van der Waals surface area contributed by atoms with E-state index in [1.54, 1.807) is 23.1 Å². The van der Waals surface area contributed by atoms with Crippen LogP contribution in [0.15, 0.2) is 35.7 Å². The maximum atomic E-state index is 12.7. The highest BCUT2D eigenvalue weighted by Crippen LogP contribution is 2.32. The molecule has 122 valence electrons. The van der Waals surface area contributed by atoms with Crippen LogP contribution in [-0.2, 0) is 9.84 Å². The van der Waals surface area contributed by atoms with E-state index < -0.39 is 15.1 Å². The molecule has 0 unspecified atom stereocenters. The van der Waals surface area contributed by atoms with Gasteiger partial charge in [-0.25, -0.2) is 8.42 Å². The molecule has 0 saturated carbocycles. The van der Waals surface area contributed by atoms with Crippen LogP contribution >= 0.6 is 22.9 Å². The van der Waals surface area contributed by atoms with Crippen LogP contribution in [0.25, 0.3) is 0 Å². The Bertz CT molecular complexity index is 831. The molecule has 1 aliphatic rings. The molecule has 3 rings (SSSR count). The minimum atomic E-state index is -3.22. The lowest BCUT2D eigenvalue weighted by molar-refractivity contribution is 0.0758. The number of hydrogen-bond donors (Lipinski definition) is 0. The summed E-state index contributed by atoms with van der Waals surface area (Å²) in [7, 11) is -3.22. The fraction of sp³-hybridized carbons (Fsp3) is 0.312. The zero-order valence-electron chi connectivity index (χ0n) is 12.5. The Labute approximate surface area is 144 Å². The molecule has 1 saturated heterocycles. The lowest BCUT2D eigenvalue weighted by Crippen LogP contribution is -2.45. The molecule has 2 heterocycles. The maximum Gasteiger partial charge on any atom is 0.254 e. The van der Waals surface area contributed by atoms with Gasteiger partial charge in [0.05, 0.1) is 5.75 Å². The van der Waals surface area contributed by atoms with Crippen molar-refractivity contribution in [3.05, 3.63) is 56.7 Å². The number of carbonyl (C=O) groups is 1. The Morgan fingerprint density at radius 2 is 2.13 bits per heavy atom. The number of hydrogen-bond acceptors (Lipinski definition) is 4. The fourth-order valence-electron chi connectivity index (χ4n) is 2.75. The average Bonchev–Trinajstić information content (AvgIpc) is 3.00. The summed E-state index contributed by atoms with van der Waals surface area (Å²) in [5.74, 6) is -0.149. The van der Waals surface area contributed by atoms with Crippen LogP contribution in [-0.4, -0.2) is 38.1 Å². The summed E-state index contributed by atoms with van der Waals surface area (Å²) in [5, 5.41) is 1.80. The Balaban J connectivity index is 1.88. The smallest absolute Gasteiger partial charge is 0.254 e. The zero-order valence-corrected chi connectivity index (χ0v) is 14.9. The van der Waals surface area contributed by atoms with Crippen LogP contribution in [0, 0.1) is 6.92 Å². The molecule has 0 aliphatic carbocycles. The minimum Gasteiger partial charge on any atom is -0.336 e. The van der Waals surface area contributed by atoms with Gasteiger partial charge in [-0.3, -0.25) is 4.79 Å². The van der Waals surface area contributed by atoms with Gasteiger partial charge in [0.25, 0.3) is 5.91 Å². The number of sulfone groups is 1. The lowest BCUT2D eigenvalue weighted by atomic mass is 10.1. The lowest BCUT2D eigenvalue weighted by Gasteiger charge is -2.32. The predicted molar refractivity (Wildman–Crippen MR) is 92.9 cm³/mol. The number of thiophene rings is 1. The quantitative estimate of drug-likeness (QED) is 0.815. The summed E-state index contributed by atoms with van der Waals surface area (Å²) < 4.78 is 24.7. The van der Waals surface area contributed by atoms with E-state index in [-0.39, 0.29) is 24.7 Å². The summed E-state index contributed by atoms with van der Waals surface area (Å²) in [6.45, 7) is 2.26. The first-order chi connectivity index (χ1) is 10.9. The standard InChI is InChI=1S/C16H16ClNO3S2/c1-11-9-12(17)4-5-13(11)16(19)18-6-8-23(20,21)15(10-18)14-3-2-7-22-14/h2-5,7,9,15H,6,8,10H2,1H3/t15-/m0/s1. The van der Waals surface area contributed by atoms with Gasteiger partial charge in [0.1, 0.15) is 5.25 Å². The van der Waals surface area contributed by atoms with Crippen molar-refractivity contribution in [2.75, 3.05) is 18.8 Å². The van der Waals surface area contributed by atoms with E-state index in [2.05, 4.69) is 0 Å². The van der Waals surface area contributed by atoms with Crippen molar-refractivity contribution in [2.45, 2.75) is 12.2 Å². The molecule has 0 bridgehead atoms. The van der Waals surface area contributed by atoms with Gasteiger partial charge in [0, 0.05) is 28.6 Å². The van der Waals surface area contributed by atoms with E-state index in [1.807, 2.05) is 24.4 Å². The molecule has 1 aromatic carbocycles. The number of amides is 1. The van der Waals surface area contributed by atoms with Crippen molar-refractivity contribution in [3.63, 3.8) is 0 Å². The monoisotopic (exact) mass is 369 g/mol. The first kappa shape index (κ1) is 16.5. The number of rotatable bonds is 2. The Morgan fingerprint density at radius 3 is 2.78 bits per heavy atom. The number of carbonyl (C=O) groups excluding carboxylic acids is 1. The van der Waals surface area contributed by atoms with Crippen LogP contribution in [0.3, 0.4) is 0 Å². The largest absolute Gasteiger partial charge is 0.336 e. The van der Waals surface area contributed by atoms with Gasteiger partial charge in [0.15, 0.2) is 9.84 Å². The number of aryl methyl sites for hydroxylation is 1. The highest BCUT2D eigenvalue weighted by atomic mass is 35.5. The highest BCUT2D eigenvalue weighted by molar-refractivity contribution is 7.91. The van der Waals surface area contributed by atoms with Crippen molar-refractivity contribution in [2.24, 2.45) is 0 Å². The van der Waals surface area contributed by atoms with E-state index in [0.717, 1.165) is 10.4 Å². The third-order valence-electron chi connectivity index (χ3n) is 4.03. The van der Waals surface area contributed by atoms with E-state index in [9.17, 15) is 13.2 Å². The Morgan fingerprint density at radius 1 is 1.35 bits per heavy atom. The molecule has 0 radical (unpaired) electrons.